The van der Waals surface area contributed by atoms with E-state index in [2.05, 4.69) is 10.1 Å². The Morgan fingerprint density at radius 1 is 1.19 bits per heavy atom. The quantitative estimate of drug-likeness (QED) is 0.490. The van der Waals surface area contributed by atoms with Crippen LogP contribution in [0.5, 0.6) is 0 Å². The van der Waals surface area contributed by atoms with Gasteiger partial charge >= 0.3 is 17.4 Å². The first-order valence-electron chi connectivity index (χ1n) is 9.45. The number of carbonyl (C=O) groups is 1. The van der Waals surface area contributed by atoms with Crippen molar-refractivity contribution in [3.63, 3.8) is 0 Å². The molecule has 0 spiro atoms. The van der Waals surface area contributed by atoms with E-state index in [4.69, 9.17) is 0 Å². The molecule has 2 aromatic carbocycles. The lowest BCUT2D eigenvalue weighted by molar-refractivity contribution is -0.763. The van der Waals surface area contributed by atoms with Crippen LogP contribution in [0.4, 0.5) is 18.9 Å². The van der Waals surface area contributed by atoms with Crippen molar-refractivity contribution in [1.82, 2.24) is 10.1 Å². The zero-order valence-corrected chi connectivity index (χ0v) is 17.4. The Hall–Kier alpha value is -3.14. The van der Waals surface area contributed by atoms with Crippen LogP contribution in [0.1, 0.15) is 30.6 Å². The van der Waals surface area contributed by atoms with Crippen LogP contribution in [-0.2, 0) is 11.0 Å². The molecule has 3 aromatic rings. The zero-order chi connectivity index (χ0) is 22.3. The Morgan fingerprint density at radius 2 is 1.87 bits per heavy atom. The number of benzene rings is 2. The number of rotatable bonds is 3. The van der Waals surface area contributed by atoms with Crippen molar-refractivity contribution >= 4 is 23.4 Å². The third-order valence-electron chi connectivity index (χ3n) is 5.06. The maximum absolute atomic E-state index is 13.1. The van der Waals surface area contributed by atoms with Gasteiger partial charge in [0.05, 0.1) is 16.8 Å². The van der Waals surface area contributed by atoms with Crippen LogP contribution in [0, 0.1) is 0 Å². The minimum absolute atomic E-state index is 0.167. The molecule has 4 rings (SSSR count). The second-order valence-corrected chi connectivity index (χ2v) is 7.68. The highest BCUT2D eigenvalue weighted by molar-refractivity contribution is 7.98. The largest absolute Gasteiger partial charge is 0.416 e. The van der Waals surface area contributed by atoms with Gasteiger partial charge in [0, 0.05) is 17.1 Å². The van der Waals surface area contributed by atoms with E-state index in [1.165, 1.54) is 33.5 Å². The molecule has 1 aromatic heterocycles. The monoisotopic (exact) mass is 447 g/mol. The molecule has 6 nitrogen and oxygen atoms in total. The smallest absolute Gasteiger partial charge is 0.291 e. The molecule has 160 valence electrons. The van der Waals surface area contributed by atoms with Crippen LogP contribution in [0.2, 0.25) is 0 Å². The summed E-state index contributed by atoms with van der Waals surface area (Å²) in [6.07, 6.45) is -3.49. The molecular formula is C21H18F3N4O2S+. The number of hydrogen-bond acceptors (Lipinski definition) is 4. The van der Waals surface area contributed by atoms with Gasteiger partial charge in [0.1, 0.15) is 0 Å². The summed E-state index contributed by atoms with van der Waals surface area (Å²) in [5.74, 6) is -0.247. The Kier molecular flexibility index (Phi) is 5.34. The number of carbonyl (C=O) groups excluding carboxylic acids is 1. The van der Waals surface area contributed by atoms with Gasteiger partial charge in [-0.2, -0.15) is 13.2 Å². The number of para-hydroxylation sites is 1. The normalized spacial score (nSPS) is 15.4. The number of halogens is 3. The summed E-state index contributed by atoms with van der Waals surface area (Å²) in [5.41, 5.74) is 0.471. The molecule has 1 amide bonds. The van der Waals surface area contributed by atoms with Crippen LogP contribution in [-0.4, -0.2) is 22.2 Å². The summed E-state index contributed by atoms with van der Waals surface area (Å²) in [6.45, 7) is 1.70. The fourth-order valence-corrected chi connectivity index (χ4v) is 4.01. The summed E-state index contributed by atoms with van der Waals surface area (Å²) in [6, 6.07) is 11.5. The van der Waals surface area contributed by atoms with Gasteiger partial charge in [-0.1, -0.05) is 30.8 Å². The van der Waals surface area contributed by atoms with Gasteiger partial charge in [-0.05, 0) is 47.3 Å². The Balaban J connectivity index is 2.01. The molecule has 0 saturated heterocycles. The lowest BCUT2D eigenvalue weighted by atomic mass is 10.0. The molecule has 0 unspecified atom stereocenters. The van der Waals surface area contributed by atoms with E-state index in [0.29, 0.717) is 22.0 Å². The van der Waals surface area contributed by atoms with Crippen molar-refractivity contribution in [3.05, 3.63) is 70.0 Å². The molecular weight excluding hydrogens is 429 g/mol. The summed E-state index contributed by atoms with van der Waals surface area (Å²) in [5, 5.41) is 4.82. The molecule has 0 fully saturated rings. The van der Waals surface area contributed by atoms with Gasteiger partial charge in [0.15, 0.2) is 0 Å². The van der Waals surface area contributed by atoms with Crippen molar-refractivity contribution < 1.29 is 22.6 Å². The molecule has 0 radical (unpaired) electrons. The van der Waals surface area contributed by atoms with Gasteiger partial charge in [0.25, 0.3) is 6.17 Å². The van der Waals surface area contributed by atoms with E-state index in [1.807, 2.05) is 0 Å². The SMILES string of the molecule is CCC(=O)N1c2ccccc2-c2c(=O)[nH]c(SC)n[n+]2[C@H]1c1ccc(C(F)(F)F)cc1. The molecule has 0 aliphatic carbocycles. The summed E-state index contributed by atoms with van der Waals surface area (Å²) < 4.78 is 40.7. The number of hydrogen-bond donors (Lipinski definition) is 1. The number of amides is 1. The maximum Gasteiger partial charge on any atom is 0.416 e. The first-order valence-corrected chi connectivity index (χ1v) is 10.7. The number of anilines is 1. The molecule has 0 saturated carbocycles. The molecule has 0 bridgehead atoms. The number of nitrogens with zero attached hydrogens (tertiary/aromatic N) is 3. The third kappa shape index (κ3) is 3.60. The highest BCUT2D eigenvalue weighted by Gasteiger charge is 2.45. The third-order valence-corrected chi connectivity index (χ3v) is 5.63. The molecule has 31 heavy (non-hydrogen) atoms. The lowest BCUT2D eigenvalue weighted by Crippen LogP contribution is -2.60. The number of alkyl halides is 3. The fraction of sp³-hybridized carbons (Fsp3) is 0.238. The number of nitrogens with one attached hydrogen (secondary N) is 1. The second-order valence-electron chi connectivity index (χ2n) is 6.88. The van der Waals surface area contributed by atoms with E-state index in [-0.39, 0.29) is 18.0 Å². The van der Waals surface area contributed by atoms with Crippen molar-refractivity contribution in [3.8, 4) is 11.3 Å². The van der Waals surface area contributed by atoms with E-state index in [1.54, 1.807) is 37.4 Å². The molecule has 1 aliphatic rings. The number of aromatic nitrogens is 3. The average molecular weight is 447 g/mol. The van der Waals surface area contributed by atoms with Gasteiger partial charge < -0.3 is 0 Å². The predicted octanol–water partition coefficient (Wildman–Crippen LogP) is 3.77. The minimum Gasteiger partial charge on any atom is -0.291 e. The van der Waals surface area contributed by atoms with Crippen molar-refractivity contribution in [2.75, 3.05) is 11.2 Å². The predicted molar refractivity (Wildman–Crippen MR) is 110 cm³/mol. The first-order chi connectivity index (χ1) is 14.8. The molecule has 1 atom stereocenters. The Bertz CT molecular complexity index is 1210. The number of thioether (sulfide) groups is 1. The van der Waals surface area contributed by atoms with Crippen LogP contribution in [0.3, 0.4) is 0 Å². The van der Waals surface area contributed by atoms with Crippen LogP contribution in [0.25, 0.3) is 11.3 Å². The van der Waals surface area contributed by atoms with E-state index in [9.17, 15) is 22.8 Å². The van der Waals surface area contributed by atoms with Gasteiger partial charge in [-0.15, -0.1) is 0 Å². The fourth-order valence-electron chi connectivity index (χ4n) is 3.65. The van der Waals surface area contributed by atoms with E-state index in [0.717, 1.165) is 12.1 Å². The van der Waals surface area contributed by atoms with Gasteiger partial charge in [-0.25, -0.2) is 4.90 Å². The van der Waals surface area contributed by atoms with Crippen molar-refractivity contribution in [2.45, 2.75) is 30.8 Å². The van der Waals surface area contributed by atoms with Crippen LogP contribution < -0.4 is 15.1 Å². The maximum atomic E-state index is 13.1. The Labute approximate surface area is 179 Å². The first kappa shape index (κ1) is 21.1. The van der Waals surface area contributed by atoms with Gasteiger partial charge in [-0.3, -0.25) is 14.6 Å². The lowest BCUT2D eigenvalue weighted by Gasteiger charge is -2.32. The topological polar surface area (TPSA) is 69.9 Å². The average Bonchev–Trinajstić information content (AvgIpc) is 2.76. The highest BCUT2D eigenvalue weighted by atomic mass is 32.2. The number of H-pyrrole nitrogens is 1. The molecule has 10 heteroatoms. The number of aromatic amines is 1. The van der Waals surface area contributed by atoms with E-state index < -0.39 is 23.5 Å². The standard InChI is InChI=1S/C21H17F3N4O2S/c1-3-16(29)27-15-7-5-4-6-14(15)17-18(30)25-20(31-2)26-28(17)19(27)12-8-10-13(11-9-12)21(22,23)24/h4-11,19H,3H2,1-2H3/p+1/t19-/m0/s1. The second kappa shape index (κ2) is 7.84. The van der Waals surface area contributed by atoms with E-state index >= 15 is 0 Å². The van der Waals surface area contributed by atoms with Crippen LogP contribution in [0.15, 0.2) is 58.5 Å². The summed E-state index contributed by atoms with van der Waals surface area (Å²) in [4.78, 5) is 30.1. The Morgan fingerprint density at radius 3 is 2.48 bits per heavy atom. The van der Waals surface area contributed by atoms with Crippen molar-refractivity contribution in [2.24, 2.45) is 0 Å². The zero-order valence-electron chi connectivity index (χ0n) is 16.6. The molecule has 2 heterocycles. The highest BCUT2D eigenvalue weighted by Crippen LogP contribution is 2.38. The molecule has 1 aliphatic heterocycles. The summed E-state index contributed by atoms with van der Waals surface area (Å²) in [7, 11) is 0. The summed E-state index contributed by atoms with van der Waals surface area (Å²) >= 11 is 1.22. The van der Waals surface area contributed by atoms with Crippen LogP contribution >= 0.6 is 11.8 Å². The molecule has 1 N–H and O–H groups in total. The number of fused-ring (bicyclic) bond motifs is 3. The van der Waals surface area contributed by atoms with Crippen molar-refractivity contribution in [1.29, 1.82) is 0 Å². The minimum atomic E-state index is -4.48. The van der Waals surface area contributed by atoms with Gasteiger partial charge in [0.2, 0.25) is 11.1 Å².